The molecule has 0 aromatic heterocycles. The van der Waals surface area contributed by atoms with Crippen molar-refractivity contribution in [1.29, 1.82) is 0 Å². The van der Waals surface area contributed by atoms with E-state index in [0.29, 0.717) is 5.57 Å². The third-order valence-electron chi connectivity index (χ3n) is 1.77. The van der Waals surface area contributed by atoms with E-state index in [-0.39, 0.29) is 12.1 Å². The molecule has 0 radical (unpaired) electrons. The van der Waals surface area contributed by atoms with Gasteiger partial charge in [0.2, 0.25) is 6.04 Å². The Balaban J connectivity index is 2.94. The number of nitrogens with zero attached hydrogens (tertiary/aromatic N) is 2. The second-order valence-corrected chi connectivity index (χ2v) is 2.90. The SMILES string of the molecule is CC1=CC([N+](=O)[O-])=CC([N+](=O)[O-])C1. The van der Waals surface area contributed by atoms with E-state index in [1.807, 2.05) is 0 Å². The summed E-state index contributed by atoms with van der Waals surface area (Å²) in [6.07, 6.45) is 2.69. The minimum absolute atomic E-state index is 0.189. The van der Waals surface area contributed by atoms with Crippen molar-refractivity contribution in [3.05, 3.63) is 43.7 Å². The fourth-order valence-electron chi connectivity index (χ4n) is 1.19. The fourth-order valence-corrected chi connectivity index (χ4v) is 1.19. The first kappa shape index (κ1) is 9.37. The van der Waals surface area contributed by atoms with Gasteiger partial charge in [-0.05, 0) is 6.92 Å². The zero-order valence-electron chi connectivity index (χ0n) is 6.97. The van der Waals surface area contributed by atoms with Gasteiger partial charge in [-0.25, -0.2) is 0 Å². The predicted molar refractivity (Wildman–Crippen MR) is 44.2 cm³/mol. The normalized spacial score (nSPS) is 21.8. The first-order valence-corrected chi connectivity index (χ1v) is 3.67. The highest BCUT2D eigenvalue weighted by atomic mass is 16.6. The van der Waals surface area contributed by atoms with Crippen molar-refractivity contribution in [3.8, 4) is 0 Å². The minimum Gasteiger partial charge on any atom is -0.264 e. The zero-order valence-corrected chi connectivity index (χ0v) is 6.97. The summed E-state index contributed by atoms with van der Waals surface area (Å²) in [6.45, 7) is 1.65. The Morgan fingerprint density at radius 3 is 2.54 bits per heavy atom. The van der Waals surface area contributed by atoms with Gasteiger partial charge in [0.05, 0.1) is 11.0 Å². The fraction of sp³-hybridized carbons (Fsp3) is 0.429. The number of hydrogen-bond acceptors (Lipinski definition) is 4. The van der Waals surface area contributed by atoms with Crippen LogP contribution in [0.15, 0.2) is 23.4 Å². The number of hydrogen-bond donors (Lipinski definition) is 0. The topological polar surface area (TPSA) is 86.3 Å². The summed E-state index contributed by atoms with van der Waals surface area (Å²) in [4.78, 5) is 19.6. The maximum absolute atomic E-state index is 10.4. The first-order valence-electron chi connectivity index (χ1n) is 3.67. The van der Waals surface area contributed by atoms with Crippen LogP contribution < -0.4 is 0 Å². The largest absolute Gasteiger partial charge is 0.272 e. The van der Waals surface area contributed by atoms with Gasteiger partial charge in [0, 0.05) is 17.4 Å². The molecule has 0 amide bonds. The van der Waals surface area contributed by atoms with Crippen LogP contribution in [0, 0.1) is 20.2 Å². The molecule has 0 aliphatic heterocycles. The summed E-state index contributed by atoms with van der Waals surface area (Å²) in [7, 11) is 0. The lowest BCUT2D eigenvalue weighted by molar-refractivity contribution is -0.511. The van der Waals surface area contributed by atoms with Gasteiger partial charge in [0.15, 0.2) is 0 Å². The Morgan fingerprint density at radius 1 is 1.46 bits per heavy atom. The van der Waals surface area contributed by atoms with Crippen LogP contribution in [0.1, 0.15) is 13.3 Å². The standard InChI is InChI=1S/C7H8N2O4/c1-5-2-6(8(10)11)4-7(3-5)9(12)13/h2,4,7H,3H2,1H3. The molecule has 70 valence electrons. The molecule has 1 rings (SSSR count). The third kappa shape index (κ3) is 2.11. The van der Waals surface area contributed by atoms with Crippen molar-refractivity contribution >= 4 is 0 Å². The van der Waals surface area contributed by atoms with Crippen molar-refractivity contribution in [2.45, 2.75) is 19.4 Å². The molecule has 0 aromatic carbocycles. The van der Waals surface area contributed by atoms with Gasteiger partial charge in [0.25, 0.3) is 5.70 Å². The molecule has 6 heteroatoms. The lowest BCUT2D eigenvalue weighted by atomic mass is 10.0. The highest BCUT2D eigenvalue weighted by molar-refractivity contribution is 5.23. The second kappa shape index (κ2) is 3.34. The Kier molecular flexibility index (Phi) is 2.41. The smallest absolute Gasteiger partial charge is 0.264 e. The summed E-state index contributed by atoms with van der Waals surface area (Å²) in [5.41, 5.74) is 0.473. The van der Waals surface area contributed by atoms with Crippen molar-refractivity contribution < 1.29 is 9.85 Å². The highest BCUT2D eigenvalue weighted by Gasteiger charge is 2.26. The minimum atomic E-state index is -0.953. The summed E-state index contributed by atoms with van der Waals surface area (Å²) >= 11 is 0. The molecular weight excluding hydrogens is 176 g/mol. The van der Waals surface area contributed by atoms with E-state index < -0.39 is 15.9 Å². The molecule has 0 aromatic rings. The average Bonchev–Trinajstić information content (AvgIpc) is 2.03. The van der Waals surface area contributed by atoms with Gasteiger partial charge in [-0.1, -0.05) is 5.57 Å². The van der Waals surface area contributed by atoms with Crippen LogP contribution in [0.2, 0.25) is 0 Å². The van der Waals surface area contributed by atoms with Gasteiger partial charge < -0.3 is 0 Å². The Labute approximate surface area is 73.8 Å². The number of nitro groups is 2. The van der Waals surface area contributed by atoms with E-state index in [1.165, 1.54) is 6.08 Å². The molecule has 0 spiro atoms. The average molecular weight is 184 g/mol. The summed E-state index contributed by atoms with van der Waals surface area (Å²) in [5, 5.41) is 20.7. The van der Waals surface area contributed by atoms with Crippen LogP contribution in [-0.2, 0) is 0 Å². The van der Waals surface area contributed by atoms with Gasteiger partial charge in [-0.15, -0.1) is 0 Å². The van der Waals surface area contributed by atoms with Crippen LogP contribution in [0.3, 0.4) is 0 Å². The van der Waals surface area contributed by atoms with Crippen molar-refractivity contribution in [2.75, 3.05) is 0 Å². The molecule has 0 bridgehead atoms. The van der Waals surface area contributed by atoms with E-state index in [1.54, 1.807) is 6.92 Å². The van der Waals surface area contributed by atoms with Gasteiger partial charge >= 0.3 is 0 Å². The van der Waals surface area contributed by atoms with Crippen LogP contribution in [0.25, 0.3) is 0 Å². The third-order valence-corrected chi connectivity index (χ3v) is 1.77. The molecule has 1 aliphatic rings. The Hall–Kier alpha value is -1.72. The lowest BCUT2D eigenvalue weighted by Gasteiger charge is -2.09. The molecule has 0 N–H and O–H groups in total. The monoisotopic (exact) mass is 184 g/mol. The maximum atomic E-state index is 10.4. The molecule has 13 heavy (non-hydrogen) atoms. The van der Waals surface area contributed by atoms with E-state index in [2.05, 4.69) is 0 Å². The molecule has 6 nitrogen and oxygen atoms in total. The predicted octanol–water partition coefficient (Wildman–Crippen LogP) is 1.14. The van der Waals surface area contributed by atoms with E-state index >= 15 is 0 Å². The van der Waals surface area contributed by atoms with Crippen molar-refractivity contribution in [3.63, 3.8) is 0 Å². The van der Waals surface area contributed by atoms with Crippen LogP contribution in [0.4, 0.5) is 0 Å². The molecule has 0 saturated carbocycles. The van der Waals surface area contributed by atoms with E-state index in [0.717, 1.165) is 6.08 Å². The van der Waals surface area contributed by atoms with Crippen LogP contribution in [0.5, 0.6) is 0 Å². The molecule has 0 heterocycles. The van der Waals surface area contributed by atoms with Crippen LogP contribution >= 0.6 is 0 Å². The number of rotatable bonds is 2. The van der Waals surface area contributed by atoms with Crippen LogP contribution in [-0.4, -0.2) is 15.9 Å². The Morgan fingerprint density at radius 2 is 2.08 bits per heavy atom. The molecule has 0 fully saturated rings. The molecule has 1 aliphatic carbocycles. The van der Waals surface area contributed by atoms with Crippen molar-refractivity contribution in [1.82, 2.24) is 0 Å². The first-order chi connectivity index (χ1) is 6.00. The van der Waals surface area contributed by atoms with Gasteiger partial charge in [0.1, 0.15) is 0 Å². The summed E-state index contributed by atoms with van der Waals surface area (Å²) in [6, 6.07) is -0.953. The van der Waals surface area contributed by atoms with E-state index in [4.69, 9.17) is 0 Å². The molecular formula is C7H8N2O4. The highest BCUT2D eigenvalue weighted by Crippen LogP contribution is 2.19. The summed E-state index contributed by atoms with van der Waals surface area (Å²) < 4.78 is 0. The van der Waals surface area contributed by atoms with Crippen molar-refractivity contribution in [2.24, 2.45) is 0 Å². The number of allylic oxidation sites excluding steroid dienone is 1. The zero-order chi connectivity index (χ0) is 10.0. The lowest BCUT2D eigenvalue weighted by Crippen LogP contribution is -2.21. The summed E-state index contributed by atoms with van der Waals surface area (Å²) in [5.74, 6) is 0. The Bertz CT molecular complexity index is 318. The molecule has 0 saturated heterocycles. The van der Waals surface area contributed by atoms with E-state index in [9.17, 15) is 20.2 Å². The molecule has 1 unspecified atom stereocenters. The maximum Gasteiger partial charge on any atom is 0.272 e. The quantitative estimate of drug-likeness (QED) is 0.475. The van der Waals surface area contributed by atoms with Gasteiger partial charge in [-0.3, -0.25) is 20.2 Å². The van der Waals surface area contributed by atoms with Gasteiger partial charge in [-0.2, -0.15) is 0 Å². The molecule has 1 atom stereocenters. The second-order valence-electron chi connectivity index (χ2n) is 2.90.